The first-order valence-corrected chi connectivity index (χ1v) is 8.92. The standard InChI is InChI=1S/C18H31N3O2/c1-13(2)7-8-21-14(3)17(11-20-21)18(23)19-10-15-5-4-6-16(9-15)12-22/h11,13,15-16,22H,4-10,12H2,1-3H3,(H,19,23)/t15-,16+/m0/s1. The molecule has 5 heteroatoms. The van der Waals surface area contributed by atoms with Gasteiger partial charge in [-0.1, -0.05) is 20.3 Å². The van der Waals surface area contributed by atoms with E-state index < -0.39 is 0 Å². The first-order chi connectivity index (χ1) is 11.0. The minimum absolute atomic E-state index is 0.0237. The third kappa shape index (κ3) is 5.06. The first-order valence-electron chi connectivity index (χ1n) is 8.92. The van der Waals surface area contributed by atoms with Crippen LogP contribution in [0.4, 0.5) is 0 Å². The second kappa shape index (κ2) is 8.48. The van der Waals surface area contributed by atoms with Crippen molar-refractivity contribution in [1.29, 1.82) is 0 Å². The zero-order chi connectivity index (χ0) is 16.8. The summed E-state index contributed by atoms with van der Waals surface area (Å²) in [6.45, 7) is 8.17. The Balaban J connectivity index is 1.86. The molecule has 1 aromatic heterocycles. The number of amides is 1. The molecule has 1 aliphatic carbocycles. The largest absolute Gasteiger partial charge is 0.396 e. The number of nitrogens with one attached hydrogen (secondary N) is 1. The second-order valence-electron chi connectivity index (χ2n) is 7.34. The second-order valence-corrected chi connectivity index (χ2v) is 7.34. The van der Waals surface area contributed by atoms with E-state index in [1.54, 1.807) is 6.20 Å². The summed E-state index contributed by atoms with van der Waals surface area (Å²) in [5.41, 5.74) is 1.63. The van der Waals surface area contributed by atoms with Gasteiger partial charge in [-0.3, -0.25) is 9.48 Å². The fourth-order valence-electron chi connectivity index (χ4n) is 3.36. The number of rotatable bonds is 7. The van der Waals surface area contributed by atoms with Crippen molar-refractivity contribution in [1.82, 2.24) is 15.1 Å². The lowest BCUT2D eigenvalue weighted by Gasteiger charge is -2.27. The van der Waals surface area contributed by atoms with Crippen LogP contribution in [0.25, 0.3) is 0 Å². The van der Waals surface area contributed by atoms with Crippen LogP contribution in [0.3, 0.4) is 0 Å². The predicted molar refractivity (Wildman–Crippen MR) is 91.3 cm³/mol. The molecule has 2 N–H and O–H groups in total. The van der Waals surface area contributed by atoms with Gasteiger partial charge in [-0.25, -0.2) is 0 Å². The smallest absolute Gasteiger partial charge is 0.254 e. The summed E-state index contributed by atoms with van der Waals surface area (Å²) < 4.78 is 1.93. The highest BCUT2D eigenvalue weighted by atomic mass is 16.3. The normalized spacial score (nSPS) is 21.6. The lowest BCUT2D eigenvalue weighted by molar-refractivity contribution is 0.0933. The number of aliphatic hydroxyl groups excluding tert-OH is 1. The summed E-state index contributed by atoms with van der Waals surface area (Å²) in [5.74, 6) is 1.50. The van der Waals surface area contributed by atoms with Crippen LogP contribution in [0, 0.1) is 24.7 Å². The van der Waals surface area contributed by atoms with Crippen molar-refractivity contribution in [3.8, 4) is 0 Å². The average Bonchev–Trinajstić information content (AvgIpc) is 2.91. The summed E-state index contributed by atoms with van der Waals surface area (Å²) in [6, 6.07) is 0. The molecule has 1 aliphatic rings. The van der Waals surface area contributed by atoms with Gasteiger partial charge in [-0.2, -0.15) is 5.10 Å². The van der Waals surface area contributed by atoms with Crippen molar-refractivity contribution in [3.05, 3.63) is 17.5 Å². The summed E-state index contributed by atoms with van der Waals surface area (Å²) in [7, 11) is 0. The number of carbonyl (C=O) groups is 1. The summed E-state index contributed by atoms with van der Waals surface area (Å²) in [4.78, 5) is 12.4. The molecule has 0 aliphatic heterocycles. The lowest BCUT2D eigenvalue weighted by Crippen LogP contribution is -2.32. The Hall–Kier alpha value is -1.36. The van der Waals surface area contributed by atoms with E-state index in [0.717, 1.165) is 44.3 Å². The van der Waals surface area contributed by atoms with Gasteiger partial charge in [0, 0.05) is 25.4 Å². The van der Waals surface area contributed by atoms with Crippen molar-refractivity contribution < 1.29 is 9.90 Å². The van der Waals surface area contributed by atoms with Crippen LogP contribution in [-0.4, -0.2) is 33.9 Å². The van der Waals surface area contributed by atoms with E-state index in [1.165, 1.54) is 0 Å². The first kappa shape index (κ1) is 18.0. The van der Waals surface area contributed by atoms with Crippen LogP contribution < -0.4 is 5.32 Å². The van der Waals surface area contributed by atoms with E-state index in [-0.39, 0.29) is 12.5 Å². The Kier molecular flexibility index (Phi) is 6.63. The molecule has 23 heavy (non-hydrogen) atoms. The number of hydrogen-bond donors (Lipinski definition) is 2. The minimum Gasteiger partial charge on any atom is -0.396 e. The zero-order valence-electron chi connectivity index (χ0n) is 14.7. The SMILES string of the molecule is Cc1c(C(=O)NC[C@H]2CCC[C@@H](CO)C2)cnn1CCC(C)C. The molecule has 2 rings (SSSR count). The fourth-order valence-corrected chi connectivity index (χ4v) is 3.36. The van der Waals surface area contributed by atoms with E-state index >= 15 is 0 Å². The Morgan fingerprint density at radius 2 is 2.17 bits per heavy atom. The van der Waals surface area contributed by atoms with Crippen LogP contribution in [-0.2, 0) is 6.54 Å². The quantitative estimate of drug-likeness (QED) is 0.811. The number of carbonyl (C=O) groups excluding carboxylic acids is 1. The number of nitrogens with zero attached hydrogens (tertiary/aromatic N) is 2. The Bertz CT molecular complexity index is 510. The molecule has 1 heterocycles. The van der Waals surface area contributed by atoms with E-state index in [4.69, 9.17) is 0 Å². The van der Waals surface area contributed by atoms with Crippen LogP contribution in [0.2, 0.25) is 0 Å². The van der Waals surface area contributed by atoms with Gasteiger partial charge in [0.1, 0.15) is 0 Å². The van der Waals surface area contributed by atoms with Gasteiger partial charge >= 0.3 is 0 Å². The van der Waals surface area contributed by atoms with Gasteiger partial charge in [0.05, 0.1) is 11.8 Å². The Labute approximate surface area is 139 Å². The maximum absolute atomic E-state index is 12.4. The van der Waals surface area contributed by atoms with Crippen molar-refractivity contribution in [2.45, 2.75) is 59.4 Å². The van der Waals surface area contributed by atoms with E-state index in [2.05, 4.69) is 24.3 Å². The van der Waals surface area contributed by atoms with Gasteiger partial charge in [-0.05, 0) is 50.4 Å². The van der Waals surface area contributed by atoms with E-state index in [0.29, 0.717) is 29.9 Å². The van der Waals surface area contributed by atoms with Gasteiger partial charge in [-0.15, -0.1) is 0 Å². The highest BCUT2D eigenvalue weighted by Crippen LogP contribution is 2.28. The molecule has 1 aromatic rings. The summed E-state index contributed by atoms with van der Waals surface area (Å²) in [5, 5.41) is 16.7. The molecule has 2 atom stereocenters. The molecular weight excluding hydrogens is 290 g/mol. The molecular formula is C18H31N3O2. The van der Waals surface area contributed by atoms with Crippen molar-refractivity contribution in [2.75, 3.05) is 13.2 Å². The van der Waals surface area contributed by atoms with Crippen molar-refractivity contribution in [3.63, 3.8) is 0 Å². The van der Waals surface area contributed by atoms with Crippen LogP contribution in [0.5, 0.6) is 0 Å². The lowest BCUT2D eigenvalue weighted by atomic mass is 9.82. The summed E-state index contributed by atoms with van der Waals surface area (Å²) >= 11 is 0. The summed E-state index contributed by atoms with van der Waals surface area (Å²) in [6.07, 6.45) is 7.17. The van der Waals surface area contributed by atoms with E-state index in [1.807, 2.05) is 11.6 Å². The topological polar surface area (TPSA) is 67.2 Å². The molecule has 0 saturated heterocycles. The van der Waals surface area contributed by atoms with Gasteiger partial charge in [0.15, 0.2) is 0 Å². The third-order valence-corrected chi connectivity index (χ3v) is 4.97. The number of hydrogen-bond acceptors (Lipinski definition) is 3. The molecule has 5 nitrogen and oxygen atoms in total. The van der Waals surface area contributed by atoms with Crippen molar-refractivity contribution >= 4 is 5.91 Å². The van der Waals surface area contributed by atoms with Gasteiger partial charge < -0.3 is 10.4 Å². The number of aryl methyl sites for hydroxylation is 1. The number of aromatic nitrogens is 2. The molecule has 130 valence electrons. The fraction of sp³-hybridized carbons (Fsp3) is 0.778. The molecule has 1 fully saturated rings. The predicted octanol–water partition coefficient (Wildman–Crippen LogP) is 2.77. The van der Waals surface area contributed by atoms with Crippen LogP contribution in [0.15, 0.2) is 6.20 Å². The highest BCUT2D eigenvalue weighted by molar-refractivity contribution is 5.95. The Morgan fingerprint density at radius 1 is 1.43 bits per heavy atom. The van der Waals surface area contributed by atoms with E-state index in [9.17, 15) is 9.90 Å². The van der Waals surface area contributed by atoms with Crippen molar-refractivity contribution in [2.24, 2.45) is 17.8 Å². The average molecular weight is 321 g/mol. The molecule has 1 saturated carbocycles. The Morgan fingerprint density at radius 3 is 2.87 bits per heavy atom. The van der Waals surface area contributed by atoms with Crippen LogP contribution >= 0.6 is 0 Å². The third-order valence-electron chi connectivity index (χ3n) is 4.97. The van der Waals surface area contributed by atoms with Gasteiger partial charge in [0.2, 0.25) is 0 Å². The molecule has 0 radical (unpaired) electrons. The molecule has 0 spiro atoms. The monoisotopic (exact) mass is 321 g/mol. The molecule has 0 bridgehead atoms. The maximum Gasteiger partial charge on any atom is 0.254 e. The molecule has 0 aromatic carbocycles. The minimum atomic E-state index is -0.0237. The van der Waals surface area contributed by atoms with Gasteiger partial charge in [0.25, 0.3) is 5.91 Å². The maximum atomic E-state index is 12.4. The number of aliphatic hydroxyl groups is 1. The zero-order valence-corrected chi connectivity index (χ0v) is 14.7. The molecule has 0 unspecified atom stereocenters. The highest BCUT2D eigenvalue weighted by Gasteiger charge is 2.22. The molecule has 1 amide bonds. The van der Waals surface area contributed by atoms with Crippen LogP contribution in [0.1, 0.15) is 62.0 Å².